The van der Waals surface area contributed by atoms with Crippen LogP contribution in [0.1, 0.15) is 18.1 Å². The minimum Gasteiger partial charge on any atom is -0.503 e. The van der Waals surface area contributed by atoms with Crippen LogP contribution in [0.5, 0.6) is 5.75 Å². The van der Waals surface area contributed by atoms with Crippen molar-refractivity contribution < 1.29 is 14.5 Å². The summed E-state index contributed by atoms with van der Waals surface area (Å²) in [7, 11) is 0. The second-order valence-corrected chi connectivity index (χ2v) is 4.75. The van der Waals surface area contributed by atoms with Gasteiger partial charge < -0.3 is 10.4 Å². The lowest BCUT2D eigenvalue weighted by Gasteiger charge is -2.11. The highest BCUT2D eigenvalue weighted by atomic mass is 16.3. The first-order valence-electron chi connectivity index (χ1n) is 6.66. The van der Waals surface area contributed by atoms with Gasteiger partial charge in [0.15, 0.2) is 11.9 Å². The van der Waals surface area contributed by atoms with E-state index in [1.54, 1.807) is 22.9 Å². The molecule has 0 spiro atoms. The molecule has 20 heavy (non-hydrogen) atoms. The zero-order valence-corrected chi connectivity index (χ0v) is 11.8. The molecule has 0 radical (unpaired) electrons. The monoisotopic (exact) mass is 271 g/mol. The van der Waals surface area contributed by atoms with E-state index in [4.69, 9.17) is 0 Å². The molecule has 0 saturated heterocycles. The van der Waals surface area contributed by atoms with Crippen molar-refractivity contribution in [2.45, 2.75) is 26.8 Å². The molecule has 1 amide bonds. The highest BCUT2D eigenvalue weighted by molar-refractivity contribution is 5.91. The van der Waals surface area contributed by atoms with Crippen molar-refractivity contribution in [2.75, 3.05) is 5.32 Å². The number of nitrogens with zero attached hydrogens (tertiary/aromatic N) is 1. The Bertz CT molecular complexity index is 624. The third-order valence-corrected chi connectivity index (χ3v) is 3.17. The van der Waals surface area contributed by atoms with Gasteiger partial charge >= 0.3 is 0 Å². The van der Waals surface area contributed by atoms with E-state index >= 15 is 0 Å². The third-order valence-electron chi connectivity index (χ3n) is 3.17. The first-order valence-corrected chi connectivity index (χ1v) is 6.66. The summed E-state index contributed by atoms with van der Waals surface area (Å²) in [6.07, 6.45) is 4.15. The molecule has 0 aliphatic rings. The Labute approximate surface area is 118 Å². The highest BCUT2D eigenvalue weighted by Gasteiger charge is 2.13. The SMILES string of the molecule is CCc1cccc(C)c1NC(=O)C[n+]1cccc(O)c1. The van der Waals surface area contributed by atoms with Gasteiger partial charge in [0.25, 0.3) is 5.91 Å². The Balaban J connectivity index is 2.12. The number of pyridine rings is 1. The fourth-order valence-electron chi connectivity index (χ4n) is 2.15. The molecule has 104 valence electrons. The van der Waals surface area contributed by atoms with Gasteiger partial charge in [-0.1, -0.05) is 25.1 Å². The van der Waals surface area contributed by atoms with E-state index in [1.807, 2.05) is 25.1 Å². The molecule has 1 aromatic heterocycles. The molecule has 1 aromatic carbocycles. The number of carbonyl (C=O) groups excluding carboxylic acids is 1. The molecule has 4 nitrogen and oxygen atoms in total. The van der Waals surface area contributed by atoms with Crippen molar-refractivity contribution in [3.05, 3.63) is 53.9 Å². The van der Waals surface area contributed by atoms with Crippen molar-refractivity contribution in [3.63, 3.8) is 0 Å². The summed E-state index contributed by atoms with van der Waals surface area (Å²) in [5.41, 5.74) is 3.07. The number of anilines is 1. The van der Waals surface area contributed by atoms with Crippen molar-refractivity contribution >= 4 is 11.6 Å². The Morgan fingerprint density at radius 2 is 2.10 bits per heavy atom. The summed E-state index contributed by atoms with van der Waals surface area (Å²) in [6.45, 7) is 4.22. The van der Waals surface area contributed by atoms with Crippen LogP contribution in [0.2, 0.25) is 0 Å². The summed E-state index contributed by atoms with van der Waals surface area (Å²) in [6, 6.07) is 9.27. The number of para-hydroxylation sites is 1. The van der Waals surface area contributed by atoms with Gasteiger partial charge in [-0.15, -0.1) is 0 Å². The Kier molecular flexibility index (Phi) is 4.35. The maximum Gasteiger partial charge on any atom is 0.290 e. The summed E-state index contributed by atoms with van der Waals surface area (Å²) in [5, 5.41) is 12.3. The molecule has 2 aromatic rings. The zero-order valence-electron chi connectivity index (χ0n) is 11.8. The van der Waals surface area contributed by atoms with Gasteiger partial charge in [0.1, 0.15) is 0 Å². The minimum absolute atomic E-state index is 0.107. The number of amides is 1. The number of benzene rings is 1. The number of hydrogen-bond donors (Lipinski definition) is 2. The second-order valence-electron chi connectivity index (χ2n) is 4.75. The fraction of sp³-hybridized carbons (Fsp3) is 0.250. The van der Waals surface area contributed by atoms with Gasteiger partial charge in [0, 0.05) is 11.8 Å². The molecule has 0 aliphatic carbocycles. The van der Waals surface area contributed by atoms with Crippen LogP contribution in [-0.4, -0.2) is 11.0 Å². The van der Waals surface area contributed by atoms with Gasteiger partial charge in [0.05, 0.1) is 0 Å². The molecule has 0 atom stereocenters. The van der Waals surface area contributed by atoms with Crippen LogP contribution >= 0.6 is 0 Å². The molecule has 1 heterocycles. The summed E-state index contributed by atoms with van der Waals surface area (Å²) in [5.74, 6) is 0.0371. The van der Waals surface area contributed by atoms with Crippen molar-refractivity contribution in [1.82, 2.24) is 0 Å². The first kappa shape index (κ1) is 14.1. The van der Waals surface area contributed by atoms with Gasteiger partial charge in [-0.2, -0.15) is 4.57 Å². The smallest absolute Gasteiger partial charge is 0.290 e. The molecule has 0 saturated carbocycles. The van der Waals surface area contributed by atoms with Crippen LogP contribution in [-0.2, 0) is 17.8 Å². The van der Waals surface area contributed by atoms with E-state index in [1.165, 1.54) is 6.20 Å². The van der Waals surface area contributed by atoms with E-state index in [0.29, 0.717) is 0 Å². The van der Waals surface area contributed by atoms with Crippen LogP contribution in [0, 0.1) is 6.92 Å². The number of rotatable bonds is 4. The van der Waals surface area contributed by atoms with Crippen molar-refractivity contribution in [1.29, 1.82) is 0 Å². The van der Waals surface area contributed by atoms with Gasteiger partial charge in [0.2, 0.25) is 12.7 Å². The Morgan fingerprint density at radius 3 is 2.80 bits per heavy atom. The van der Waals surface area contributed by atoms with Crippen molar-refractivity contribution in [2.24, 2.45) is 0 Å². The number of nitrogens with one attached hydrogen (secondary N) is 1. The molecule has 2 N–H and O–H groups in total. The standard InChI is InChI=1S/C16H18N2O2/c1-3-13-7-4-6-12(2)16(13)17-15(20)11-18-9-5-8-14(19)10-18/h4-10H,3,11H2,1-2H3,(H-,17,19,20)/p+1. The van der Waals surface area contributed by atoms with E-state index in [0.717, 1.165) is 23.2 Å². The van der Waals surface area contributed by atoms with Crippen LogP contribution < -0.4 is 9.88 Å². The summed E-state index contributed by atoms with van der Waals surface area (Å²) in [4.78, 5) is 12.1. The van der Waals surface area contributed by atoms with Crippen molar-refractivity contribution in [3.8, 4) is 5.75 Å². The number of aromatic nitrogens is 1. The van der Waals surface area contributed by atoms with E-state index in [9.17, 15) is 9.90 Å². The second kappa shape index (κ2) is 6.19. The van der Waals surface area contributed by atoms with Gasteiger partial charge in [-0.3, -0.25) is 4.79 Å². The van der Waals surface area contributed by atoms with Crippen LogP contribution in [0.4, 0.5) is 5.69 Å². The predicted octanol–water partition coefficient (Wildman–Crippen LogP) is 2.19. The molecular weight excluding hydrogens is 252 g/mol. The number of carbonyl (C=O) groups is 1. The minimum atomic E-state index is -0.107. The summed E-state index contributed by atoms with van der Waals surface area (Å²) < 4.78 is 1.65. The first-order chi connectivity index (χ1) is 9.60. The van der Waals surface area contributed by atoms with Crippen LogP contribution in [0.15, 0.2) is 42.7 Å². The van der Waals surface area contributed by atoms with E-state index in [-0.39, 0.29) is 18.2 Å². The Hall–Kier alpha value is -2.36. The summed E-state index contributed by atoms with van der Waals surface area (Å²) >= 11 is 0. The highest BCUT2D eigenvalue weighted by Crippen LogP contribution is 2.20. The van der Waals surface area contributed by atoms with E-state index < -0.39 is 0 Å². The number of aromatic hydroxyl groups is 1. The molecule has 0 unspecified atom stereocenters. The molecule has 4 heteroatoms. The van der Waals surface area contributed by atoms with Gasteiger partial charge in [-0.25, -0.2) is 0 Å². The maximum atomic E-state index is 12.1. The Morgan fingerprint density at radius 1 is 1.30 bits per heavy atom. The molecule has 0 fully saturated rings. The number of hydrogen-bond acceptors (Lipinski definition) is 2. The van der Waals surface area contributed by atoms with Crippen LogP contribution in [0.3, 0.4) is 0 Å². The average molecular weight is 271 g/mol. The maximum absolute atomic E-state index is 12.1. The molecule has 2 rings (SSSR count). The zero-order chi connectivity index (χ0) is 14.5. The molecule has 0 bridgehead atoms. The molecule has 0 aliphatic heterocycles. The fourth-order valence-corrected chi connectivity index (χ4v) is 2.15. The lowest BCUT2D eigenvalue weighted by Crippen LogP contribution is -2.39. The quantitative estimate of drug-likeness (QED) is 0.838. The van der Waals surface area contributed by atoms with Crippen LogP contribution in [0.25, 0.3) is 0 Å². The topological polar surface area (TPSA) is 53.2 Å². The lowest BCUT2D eigenvalue weighted by atomic mass is 10.1. The third kappa shape index (κ3) is 3.35. The lowest BCUT2D eigenvalue weighted by molar-refractivity contribution is -0.684. The molecular formula is C16H19N2O2+. The normalized spacial score (nSPS) is 10.3. The predicted molar refractivity (Wildman–Crippen MR) is 77.5 cm³/mol. The van der Waals surface area contributed by atoms with E-state index in [2.05, 4.69) is 12.2 Å². The van der Waals surface area contributed by atoms with Gasteiger partial charge in [-0.05, 0) is 30.5 Å². The number of aryl methyl sites for hydroxylation is 2. The largest absolute Gasteiger partial charge is 0.503 e. The average Bonchev–Trinajstić information content (AvgIpc) is 2.41.